The molecule has 74 valence electrons. The number of allylic oxidation sites excluding steroid dienone is 2. The Morgan fingerprint density at radius 3 is 2.93 bits per heavy atom. The first-order valence-corrected chi connectivity index (χ1v) is 5.61. The van der Waals surface area contributed by atoms with Crippen molar-refractivity contribution < 1.29 is 0 Å². The minimum Gasteiger partial charge on any atom is -0.351 e. The standard InChI is InChI=1S/C14H13N/c1-15-7-6-12-13(15)5-4-11-9-2-3-10(8-9)14(11)12/h2-7,9-10H,8H2,1H3. The molecular weight excluding hydrogens is 182 g/mol. The fourth-order valence-electron chi connectivity index (χ4n) is 3.27. The Morgan fingerprint density at radius 1 is 1.13 bits per heavy atom. The topological polar surface area (TPSA) is 4.93 Å². The van der Waals surface area contributed by atoms with Crippen LogP contribution >= 0.6 is 0 Å². The number of aromatic nitrogens is 1. The summed E-state index contributed by atoms with van der Waals surface area (Å²) < 4.78 is 2.21. The van der Waals surface area contributed by atoms with Crippen molar-refractivity contribution in [3.05, 3.63) is 47.7 Å². The highest BCUT2D eigenvalue weighted by molar-refractivity contribution is 5.87. The highest BCUT2D eigenvalue weighted by atomic mass is 14.9. The third-order valence-electron chi connectivity index (χ3n) is 4.00. The van der Waals surface area contributed by atoms with E-state index in [0.717, 1.165) is 0 Å². The van der Waals surface area contributed by atoms with E-state index in [4.69, 9.17) is 0 Å². The van der Waals surface area contributed by atoms with Crippen molar-refractivity contribution in [3.8, 4) is 0 Å². The number of nitrogens with zero attached hydrogens (tertiary/aromatic N) is 1. The zero-order valence-corrected chi connectivity index (χ0v) is 8.77. The lowest BCUT2D eigenvalue weighted by molar-refractivity contribution is 0.806. The van der Waals surface area contributed by atoms with Gasteiger partial charge < -0.3 is 4.57 Å². The third kappa shape index (κ3) is 0.800. The molecule has 0 aliphatic heterocycles. The van der Waals surface area contributed by atoms with E-state index < -0.39 is 0 Å². The number of aryl methyl sites for hydroxylation is 1. The van der Waals surface area contributed by atoms with E-state index in [1.807, 2.05) is 0 Å². The summed E-state index contributed by atoms with van der Waals surface area (Å²) in [6, 6.07) is 6.86. The van der Waals surface area contributed by atoms with Gasteiger partial charge in [-0.15, -0.1) is 0 Å². The van der Waals surface area contributed by atoms with Gasteiger partial charge in [-0.3, -0.25) is 0 Å². The van der Waals surface area contributed by atoms with Gasteiger partial charge in [-0.05, 0) is 29.7 Å². The maximum Gasteiger partial charge on any atom is 0.0480 e. The van der Waals surface area contributed by atoms with Crippen molar-refractivity contribution in [2.45, 2.75) is 18.3 Å². The van der Waals surface area contributed by atoms with Gasteiger partial charge in [-0.2, -0.15) is 0 Å². The van der Waals surface area contributed by atoms with E-state index in [1.165, 1.54) is 17.3 Å². The molecule has 2 atom stereocenters. The molecule has 2 aliphatic rings. The van der Waals surface area contributed by atoms with Crippen LogP contribution < -0.4 is 0 Å². The Balaban J connectivity index is 2.15. The SMILES string of the molecule is Cn1ccc2c3c(ccc21)C1C=CC3C1. The van der Waals surface area contributed by atoms with E-state index in [1.54, 1.807) is 11.1 Å². The number of rotatable bonds is 0. The van der Waals surface area contributed by atoms with Crippen LogP contribution in [0.5, 0.6) is 0 Å². The second-order valence-electron chi connectivity index (χ2n) is 4.76. The lowest BCUT2D eigenvalue weighted by atomic mass is 9.94. The number of hydrogen-bond acceptors (Lipinski definition) is 0. The highest BCUT2D eigenvalue weighted by Crippen LogP contribution is 2.50. The second-order valence-corrected chi connectivity index (χ2v) is 4.76. The van der Waals surface area contributed by atoms with Crippen molar-refractivity contribution >= 4 is 10.9 Å². The molecule has 0 saturated heterocycles. The minimum absolute atomic E-state index is 0.691. The molecule has 4 rings (SSSR count). The van der Waals surface area contributed by atoms with Gasteiger partial charge in [0.25, 0.3) is 0 Å². The zero-order valence-electron chi connectivity index (χ0n) is 8.77. The Hall–Kier alpha value is -1.50. The molecule has 2 unspecified atom stereocenters. The van der Waals surface area contributed by atoms with Gasteiger partial charge in [0, 0.05) is 36.0 Å². The highest BCUT2D eigenvalue weighted by Gasteiger charge is 2.33. The van der Waals surface area contributed by atoms with E-state index >= 15 is 0 Å². The zero-order chi connectivity index (χ0) is 9.99. The molecule has 1 heteroatoms. The molecule has 0 radical (unpaired) electrons. The largest absolute Gasteiger partial charge is 0.351 e. The lowest BCUT2D eigenvalue weighted by Crippen LogP contribution is -1.94. The molecule has 0 fully saturated rings. The third-order valence-corrected chi connectivity index (χ3v) is 4.00. The molecule has 15 heavy (non-hydrogen) atoms. The monoisotopic (exact) mass is 195 g/mol. The summed E-state index contributed by atoms with van der Waals surface area (Å²) in [4.78, 5) is 0. The maximum absolute atomic E-state index is 2.39. The van der Waals surface area contributed by atoms with Crippen molar-refractivity contribution in [1.29, 1.82) is 0 Å². The number of fused-ring (bicyclic) bond motifs is 7. The maximum atomic E-state index is 2.39. The smallest absolute Gasteiger partial charge is 0.0480 e. The van der Waals surface area contributed by atoms with Gasteiger partial charge >= 0.3 is 0 Å². The molecule has 0 N–H and O–H groups in total. The summed E-state index contributed by atoms with van der Waals surface area (Å²) in [5.74, 6) is 1.39. The van der Waals surface area contributed by atoms with E-state index in [0.29, 0.717) is 11.8 Å². The molecule has 0 saturated carbocycles. The van der Waals surface area contributed by atoms with Crippen LogP contribution in [-0.4, -0.2) is 4.57 Å². The average molecular weight is 195 g/mol. The molecule has 1 nitrogen and oxygen atoms in total. The van der Waals surface area contributed by atoms with Crippen molar-refractivity contribution in [1.82, 2.24) is 4.57 Å². The van der Waals surface area contributed by atoms with Crippen LogP contribution in [0.2, 0.25) is 0 Å². The van der Waals surface area contributed by atoms with Gasteiger partial charge in [0.2, 0.25) is 0 Å². The Kier molecular flexibility index (Phi) is 1.22. The molecule has 0 spiro atoms. The van der Waals surface area contributed by atoms with Crippen molar-refractivity contribution in [3.63, 3.8) is 0 Å². The summed E-state index contributed by atoms with van der Waals surface area (Å²) in [7, 11) is 2.12. The Bertz CT molecular complexity index is 589. The van der Waals surface area contributed by atoms with Crippen LogP contribution in [0.4, 0.5) is 0 Å². The molecule has 1 heterocycles. The molecule has 1 aromatic heterocycles. The minimum atomic E-state index is 0.691. The summed E-state index contributed by atoms with van der Waals surface area (Å²) in [6.45, 7) is 0. The number of hydrogen-bond donors (Lipinski definition) is 0. The van der Waals surface area contributed by atoms with E-state index in [9.17, 15) is 0 Å². The van der Waals surface area contributed by atoms with Gasteiger partial charge in [0.1, 0.15) is 0 Å². The fourth-order valence-corrected chi connectivity index (χ4v) is 3.27. The fraction of sp³-hybridized carbons (Fsp3) is 0.286. The molecule has 1 aromatic carbocycles. The van der Waals surface area contributed by atoms with E-state index in [-0.39, 0.29) is 0 Å². The molecule has 2 bridgehead atoms. The molecule has 2 aromatic rings. The predicted octanol–water partition coefficient (Wildman–Crippen LogP) is 3.32. The van der Waals surface area contributed by atoms with Crippen LogP contribution in [0.3, 0.4) is 0 Å². The van der Waals surface area contributed by atoms with E-state index in [2.05, 4.69) is 48.2 Å². The predicted molar refractivity (Wildman–Crippen MR) is 62.2 cm³/mol. The summed E-state index contributed by atoms with van der Waals surface area (Å²) in [6.07, 6.45) is 8.24. The molecule has 0 amide bonds. The van der Waals surface area contributed by atoms with Crippen LogP contribution in [-0.2, 0) is 7.05 Å². The molecular formula is C14H13N. The Morgan fingerprint density at radius 2 is 2.00 bits per heavy atom. The van der Waals surface area contributed by atoms with Gasteiger partial charge in [0.05, 0.1) is 0 Å². The van der Waals surface area contributed by atoms with Gasteiger partial charge in [-0.1, -0.05) is 18.2 Å². The van der Waals surface area contributed by atoms with Crippen molar-refractivity contribution in [2.75, 3.05) is 0 Å². The summed E-state index contributed by atoms with van der Waals surface area (Å²) in [5.41, 5.74) is 4.54. The van der Waals surface area contributed by atoms with Crippen LogP contribution in [0.25, 0.3) is 10.9 Å². The molecule has 2 aliphatic carbocycles. The van der Waals surface area contributed by atoms with Gasteiger partial charge in [-0.25, -0.2) is 0 Å². The second kappa shape index (κ2) is 2.35. The van der Waals surface area contributed by atoms with Crippen molar-refractivity contribution in [2.24, 2.45) is 7.05 Å². The summed E-state index contributed by atoms with van der Waals surface area (Å²) >= 11 is 0. The normalized spacial score (nSPS) is 26.5. The number of benzene rings is 1. The summed E-state index contributed by atoms with van der Waals surface area (Å²) in [5, 5.41) is 1.46. The first kappa shape index (κ1) is 7.75. The Labute approximate surface area is 89.0 Å². The first-order valence-electron chi connectivity index (χ1n) is 5.61. The quantitative estimate of drug-likeness (QED) is 0.568. The lowest BCUT2D eigenvalue weighted by Gasteiger charge is -2.11. The van der Waals surface area contributed by atoms with Crippen LogP contribution in [0, 0.1) is 0 Å². The average Bonchev–Trinajstić information content (AvgIpc) is 2.92. The van der Waals surface area contributed by atoms with Crippen LogP contribution in [0.1, 0.15) is 29.4 Å². The van der Waals surface area contributed by atoms with Crippen LogP contribution in [0.15, 0.2) is 36.5 Å². The van der Waals surface area contributed by atoms with Gasteiger partial charge in [0.15, 0.2) is 0 Å². The first-order chi connectivity index (χ1) is 7.34.